The average Bonchev–Trinajstić information content (AvgIpc) is 3.07. The number of carbonyl (C=O) groups excluding carboxylic acids is 2. The van der Waals surface area contributed by atoms with E-state index in [0.29, 0.717) is 37.4 Å². The Morgan fingerprint density at radius 3 is 1.98 bits per heavy atom. The highest BCUT2D eigenvalue weighted by molar-refractivity contribution is 6.30. The summed E-state index contributed by atoms with van der Waals surface area (Å²) >= 11 is 6.08. The van der Waals surface area contributed by atoms with Crippen molar-refractivity contribution < 1.29 is 19.4 Å². The Balaban J connectivity index is 0.00000312. The van der Waals surface area contributed by atoms with Crippen molar-refractivity contribution in [1.29, 1.82) is 0 Å². The molecule has 7 nitrogen and oxygen atoms in total. The van der Waals surface area contributed by atoms with Crippen LogP contribution in [-0.2, 0) is 25.3 Å². The molecule has 0 bridgehead atoms. The molecule has 48 heavy (non-hydrogen) atoms. The van der Waals surface area contributed by atoms with Gasteiger partial charge in [0, 0.05) is 49.1 Å². The van der Waals surface area contributed by atoms with Gasteiger partial charge < -0.3 is 20.1 Å². The second-order valence-electron chi connectivity index (χ2n) is 12.9. The highest BCUT2D eigenvalue weighted by Crippen LogP contribution is 2.41. The van der Waals surface area contributed by atoms with Gasteiger partial charge in [0.25, 0.3) is 0 Å². The first kappa shape index (κ1) is 39.8. The fourth-order valence-corrected chi connectivity index (χ4v) is 7.37. The first-order valence-electron chi connectivity index (χ1n) is 16.8. The Morgan fingerprint density at radius 2 is 1.44 bits per heavy atom. The van der Waals surface area contributed by atoms with Crippen LogP contribution in [-0.4, -0.2) is 78.7 Å². The zero-order valence-electron chi connectivity index (χ0n) is 27.8. The summed E-state index contributed by atoms with van der Waals surface area (Å²) < 4.78 is 5.11. The number of hydrogen-bond donors (Lipinski definition) is 2. The number of hydrogen-bond acceptors (Lipinski definition) is 6. The predicted octanol–water partition coefficient (Wildman–Crippen LogP) is 6.77. The van der Waals surface area contributed by atoms with E-state index in [1.165, 1.54) is 0 Å². The van der Waals surface area contributed by atoms with Gasteiger partial charge >= 0.3 is 5.97 Å². The van der Waals surface area contributed by atoms with Gasteiger partial charge in [0.15, 0.2) is 0 Å². The average molecular weight is 719 g/mol. The van der Waals surface area contributed by atoms with Crippen molar-refractivity contribution in [3.8, 4) is 0 Å². The van der Waals surface area contributed by atoms with Gasteiger partial charge in [-0.1, -0.05) is 84.4 Å². The number of aliphatic hydroxyl groups is 1. The molecule has 0 aliphatic carbocycles. The molecule has 10 heteroatoms. The van der Waals surface area contributed by atoms with Crippen molar-refractivity contribution in [3.63, 3.8) is 0 Å². The van der Waals surface area contributed by atoms with E-state index in [4.69, 9.17) is 16.3 Å². The number of esters is 1. The molecular weight excluding hydrogens is 669 g/mol. The van der Waals surface area contributed by atoms with Gasteiger partial charge in [0.05, 0.1) is 18.8 Å². The Hall–Kier alpha value is -2.65. The largest absolute Gasteiger partial charge is 0.465 e. The summed E-state index contributed by atoms with van der Waals surface area (Å²) in [5, 5.41) is 15.4. The van der Waals surface area contributed by atoms with Crippen LogP contribution in [0.2, 0.25) is 5.02 Å². The van der Waals surface area contributed by atoms with E-state index < -0.39 is 11.0 Å². The zero-order chi connectivity index (χ0) is 32.4. The van der Waals surface area contributed by atoms with Crippen LogP contribution in [0.25, 0.3) is 0 Å². The van der Waals surface area contributed by atoms with Crippen LogP contribution in [0.1, 0.15) is 68.6 Å². The molecule has 2 N–H and O–H groups in total. The minimum atomic E-state index is -0.827. The zero-order valence-corrected chi connectivity index (χ0v) is 30.2. The van der Waals surface area contributed by atoms with E-state index in [2.05, 4.69) is 63.6 Å². The second kappa shape index (κ2) is 18.9. The van der Waals surface area contributed by atoms with Crippen LogP contribution in [0.4, 0.5) is 0 Å². The fourth-order valence-electron chi connectivity index (χ4n) is 7.24. The molecule has 1 amide bonds. The Kier molecular flexibility index (Phi) is 15.7. The lowest BCUT2D eigenvalue weighted by Crippen LogP contribution is -2.47. The third-order valence-electron chi connectivity index (χ3n) is 9.87. The fraction of sp³-hybridized carbons (Fsp3) is 0.474. The van der Waals surface area contributed by atoms with Crippen LogP contribution in [0.15, 0.2) is 84.9 Å². The maximum absolute atomic E-state index is 13.9. The highest BCUT2D eigenvalue weighted by atomic mass is 35.5. The number of amides is 1. The summed E-state index contributed by atoms with van der Waals surface area (Å²) in [6, 6.07) is 28.6. The van der Waals surface area contributed by atoms with Crippen molar-refractivity contribution in [3.05, 3.63) is 107 Å². The van der Waals surface area contributed by atoms with Crippen molar-refractivity contribution in [2.45, 2.75) is 68.9 Å². The lowest BCUT2D eigenvalue weighted by Gasteiger charge is -2.40. The van der Waals surface area contributed by atoms with Gasteiger partial charge in [-0.05, 0) is 80.8 Å². The SMILES string of the molecule is CCOC(=O)CN1CCC(NC(=O)CC(CCCN2CCC(O)(c3ccc(Cl)cc3)CC2)(c2ccccc2)c2ccccc2)CC1.Cl.Cl. The molecule has 0 spiro atoms. The predicted molar refractivity (Wildman–Crippen MR) is 197 cm³/mol. The van der Waals surface area contributed by atoms with E-state index in [-0.39, 0.29) is 42.7 Å². The smallest absolute Gasteiger partial charge is 0.320 e. The maximum Gasteiger partial charge on any atom is 0.320 e. The Labute approximate surface area is 303 Å². The molecule has 262 valence electrons. The molecule has 2 aliphatic heterocycles. The minimum Gasteiger partial charge on any atom is -0.465 e. The van der Waals surface area contributed by atoms with Gasteiger partial charge in [-0.25, -0.2) is 0 Å². The number of likely N-dealkylation sites (tertiary alicyclic amines) is 2. The van der Waals surface area contributed by atoms with Crippen molar-refractivity contribution in [2.24, 2.45) is 0 Å². The summed E-state index contributed by atoms with van der Waals surface area (Å²) in [5.74, 6) is -0.134. The molecule has 2 saturated heterocycles. The summed E-state index contributed by atoms with van der Waals surface area (Å²) in [6.07, 6.45) is 5.09. The van der Waals surface area contributed by atoms with Gasteiger partial charge in [0.1, 0.15) is 0 Å². The van der Waals surface area contributed by atoms with Gasteiger partial charge in [-0.2, -0.15) is 0 Å². The minimum absolute atomic E-state index is 0. The van der Waals surface area contributed by atoms with E-state index >= 15 is 0 Å². The summed E-state index contributed by atoms with van der Waals surface area (Å²) in [4.78, 5) is 30.3. The van der Waals surface area contributed by atoms with Gasteiger partial charge in [0.2, 0.25) is 5.91 Å². The molecule has 3 aromatic carbocycles. The standard InChI is InChI=1S/C38H48ClN3O4.2ClH/c1-2-46-36(44)29-42-24-18-34(19-25-42)40-35(43)28-37(30-10-5-3-6-11-30,31-12-7-4-8-13-31)20-9-23-41-26-21-38(45,22-27-41)32-14-16-33(39)17-15-32;;/h3-8,10-17,34,45H,2,9,18-29H2,1H3,(H,40,43);2*1H. The first-order valence-corrected chi connectivity index (χ1v) is 17.2. The van der Waals surface area contributed by atoms with Crippen LogP contribution < -0.4 is 5.32 Å². The summed E-state index contributed by atoms with van der Waals surface area (Å²) in [5.41, 5.74) is 1.93. The van der Waals surface area contributed by atoms with E-state index in [1.807, 2.05) is 43.3 Å². The molecular formula is C38H50Cl3N3O4. The third kappa shape index (κ3) is 10.4. The van der Waals surface area contributed by atoms with Gasteiger partial charge in [-0.3, -0.25) is 14.5 Å². The lowest BCUT2D eigenvalue weighted by molar-refractivity contribution is -0.144. The second-order valence-corrected chi connectivity index (χ2v) is 13.3. The molecule has 0 atom stereocenters. The number of ether oxygens (including phenoxy) is 1. The molecule has 2 fully saturated rings. The quantitative estimate of drug-likeness (QED) is 0.190. The van der Waals surface area contributed by atoms with E-state index in [1.54, 1.807) is 0 Å². The first-order chi connectivity index (χ1) is 22.3. The molecule has 3 aromatic rings. The normalized spacial score (nSPS) is 17.1. The van der Waals surface area contributed by atoms with E-state index in [9.17, 15) is 14.7 Å². The number of carbonyl (C=O) groups is 2. The third-order valence-corrected chi connectivity index (χ3v) is 10.1. The van der Waals surface area contributed by atoms with Crippen LogP contribution in [0.5, 0.6) is 0 Å². The Bertz CT molecular complexity index is 1360. The van der Waals surface area contributed by atoms with Gasteiger partial charge in [-0.15, -0.1) is 24.8 Å². The number of nitrogens with zero attached hydrogens (tertiary/aromatic N) is 2. The number of halogens is 3. The number of piperidine rings is 2. The maximum atomic E-state index is 13.9. The van der Waals surface area contributed by atoms with Crippen LogP contribution >= 0.6 is 36.4 Å². The molecule has 0 saturated carbocycles. The molecule has 0 radical (unpaired) electrons. The highest BCUT2D eigenvalue weighted by Gasteiger charge is 2.38. The summed E-state index contributed by atoms with van der Waals surface area (Å²) in [6.45, 7) is 6.57. The van der Waals surface area contributed by atoms with Crippen molar-refractivity contribution >= 4 is 48.3 Å². The lowest BCUT2D eigenvalue weighted by atomic mass is 9.68. The van der Waals surface area contributed by atoms with Crippen LogP contribution in [0.3, 0.4) is 0 Å². The van der Waals surface area contributed by atoms with Crippen molar-refractivity contribution in [1.82, 2.24) is 15.1 Å². The van der Waals surface area contributed by atoms with Crippen molar-refractivity contribution in [2.75, 3.05) is 45.9 Å². The van der Waals surface area contributed by atoms with E-state index in [0.717, 1.165) is 75.1 Å². The molecule has 2 heterocycles. The van der Waals surface area contributed by atoms with Crippen LogP contribution in [0, 0.1) is 0 Å². The molecule has 2 aliphatic rings. The molecule has 0 unspecified atom stereocenters. The number of nitrogens with one attached hydrogen (secondary N) is 1. The number of benzene rings is 3. The topological polar surface area (TPSA) is 82.1 Å². The number of rotatable bonds is 13. The Morgan fingerprint density at radius 1 is 0.875 bits per heavy atom. The summed E-state index contributed by atoms with van der Waals surface area (Å²) in [7, 11) is 0. The molecule has 0 aromatic heterocycles. The molecule has 5 rings (SSSR count). The monoisotopic (exact) mass is 717 g/mol.